The lowest BCUT2D eigenvalue weighted by Gasteiger charge is -2.14. The second-order valence-corrected chi connectivity index (χ2v) is 5.33. The zero-order valence-corrected chi connectivity index (χ0v) is 13.1. The Balaban J connectivity index is 2.20. The molecule has 1 aromatic carbocycles. The number of pyridine rings is 1. The van der Waals surface area contributed by atoms with Crippen LogP contribution in [-0.2, 0) is 13.2 Å². The molecular formula is C15H17BrN2O2. The molecule has 2 N–H and O–H groups in total. The number of nitrogens with two attached hydrogens (primary N) is 1. The first-order chi connectivity index (χ1) is 9.63. The summed E-state index contributed by atoms with van der Waals surface area (Å²) in [5.74, 6) is 1.34. The van der Waals surface area contributed by atoms with Gasteiger partial charge in [-0.2, -0.15) is 0 Å². The Bertz CT molecular complexity index is 602. The largest absolute Gasteiger partial charge is 0.493 e. The lowest BCUT2D eigenvalue weighted by Crippen LogP contribution is -2.02. The van der Waals surface area contributed by atoms with Crippen LogP contribution in [0.2, 0.25) is 0 Å². The number of aryl methyl sites for hydroxylation is 1. The molecule has 0 fully saturated rings. The highest BCUT2D eigenvalue weighted by Gasteiger charge is 2.11. The summed E-state index contributed by atoms with van der Waals surface area (Å²) >= 11 is 3.49. The number of hydrogen-bond donors (Lipinski definition) is 1. The molecule has 0 aliphatic rings. The molecule has 0 unspecified atom stereocenters. The van der Waals surface area contributed by atoms with E-state index in [2.05, 4.69) is 20.9 Å². The van der Waals surface area contributed by atoms with Crippen LogP contribution in [0.15, 0.2) is 35.1 Å². The van der Waals surface area contributed by atoms with Crippen molar-refractivity contribution in [3.05, 3.63) is 51.8 Å². The van der Waals surface area contributed by atoms with E-state index < -0.39 is 0 Å². The summed E-state index contributed by atoms with van der Waals surface area (Å²) < 4.78 is 12.0. The molecule has 0 spiro atoms. The number of benzene rings is 1. The molecule has 0 saturated carbocycles. The quantitative estimate of drug-likeness (QED) is 0.910. The van der Waals surface area contributed by atoms with Gasteiger partial charge in [-0.3, -0.25) is 4.98 Å². The molecule has 1 aromatic heterocycles. The van der Waals surface area contributed by atoms with Crippen LogP contribution >= 0.6 is 15.9 Å². The summed E-state index contributed by atoms with van der Waals surface area (Å²) in [6, 6.07) is 5.86. The molecule has 0 aliphatic carbocycles. The lowest BCUT2D eigenvalue weighted by molar-refractivity contribution is 0.282. The third-order valence-corrected chi connectivity index (χ3v) is 3.43. The molecular weight excluding hydrogens is 320 g/mol. The Hall–Kier alpha value is -1.59. The number of halogens is 1. The van der Waals surface area contributed by atoms with E-state index in [1.807, 2.05) is 31.3 Å². The van der Waals surface area contributed by atoms with E-state index in [1.54, 1.807) is 13.3 Å². The number of ether oxygens (including phenoxy) is 2. The van der Waals surface area contributed by atoms with Crippen LogP contribution in [-0.4, -0.2) is 12.1 Å². The van der Waals surface area contributed by atoms with Crippen molar-refractivity contribution in [1.29, 1.82) is 0 Å². The van der Waals surface area contributed by atoms with Crippen LogP contribution in [0.4, 0.5) is 0 Å². The molecule has 2 rings (SSSR count). The van der Waals surface area contributed by atoms with Gasteiger partial charge in [-0.25, -0.2) is 0 Å². The van der Waals surface area contributed by atoms with Crippen molar-refractivity contribution >= 4 is 15.9 Å². The number of nitrogens with zero attached hydrogens (tertiary/aromatic N) is 1. The molecule has 0 bridgehead atoms. The zero-order valence-electron chi connectivity index (χ0n) is 11.5. The highest BCUT2D eigenvalue weighted by atomic mass is 79.9. The summed E-state index contributed by atoms with van der Waals surface area (Å²) in [4.78, 5) is 4.15. The lowest BCUT2D eigenvalue weighted by atomic mass is 10.2. The van der Waals surface area contributed by atoms with Gasteiger partial charge >= 0.3 is 0 Å². The first-order valence-electron chi connectivity index (χ1n) is 6.24. The highest BCUT2D eigenvalue weighted by Crippen LogP contribution is 2.37. The predicted molar refractivity (Wildman–Crippen MR) is 81.9 cm³/mol. The highest BCUT2D eigenvalue weighted by molar-refractivity contribution is 9.10. The average molecular weight is 337 g/mol. The van der Waals surface area contributed by atoms with Gasteiger partial charge in [0.1, 0.15) is 6.61 Å². The van der Waals surface area contributed by atoms with Gasteiger partial charge in [0.15, 0.2) is 11.5 Å². The maximum Gasteiger partial charge on any atom is 0.175 e. The van der Waals surface area contributed by atoms with E-state index in [-0.39, 0.29) is 0 Å². The normalized spacial score (nSPS) is 10.4. The van der Waals surface area contributed by atoms with E-state index in [0.29, 0.717) is 24.7 Å². The summed E-state index contributed by atoms with van der Waals surface area (Å²) in [7, 11) is 1.61. The first kappa shape index (κ1) is 14.8. The van der Waals surface area contributed by atoms with E-state index in [1.165, 1.54) is 0 Å². The standard InChI is InChI=1S/C15H17BrN2O2/c1-10-3-12(8-18-7-10)9-20-15-13(16)4-11(6-17)5-14(15)19-2/h3-5,7-8H,6,9,17H2,1-2H3. The molecule has 1 heterocycles. The smallest absolute Gasteiger partial charge is 0.175 e. The Labute approximate surface area is 127 Å². The van der Waals surface area contributed by atoms with Gasteiger partial charge in [0.05, 0.1) is 11.6 Å². The number of aromatic nitrogens is 1. The van der Waals surface area contributed by atoms with Gasteiger partial charge in [-0.05, 0) is 52.2 Å². The Morgan fingerprint density at radius 2 is 2.00 bits per heavy atom. The van der Waals surface area contributed by atoms with Crippen LogP contribution < -0.4 is 15.2 Å². The number of hydrogen-bond acceptors (Lipinski definition) is 4. The van der Waals surface area contributed by atoms with Crippen molar-refractivity contribution in [2.75, 3.05) is 7.11 Å². The monoisotopic (exact) mass is 336 g/mol. The minimum absolute atomic E-state index is 0.436. The average Bonchev–Trinajstić information content (AvgIpc) is 2.45. The fraction of sp³-hybridized carbons (Fsp3) is 0.267. The summed E-state index contributed by atoms with van der Waals surface area (Å²) in [6.07, 6.45) is 3.61. The maximum absolute atomic E-state index is 5.85. The fourth-order valence-corrected chi connectivity index (χ4v) is 2.49. The Morgan fingerprint density at radius 1 is 1.20 bits per heavy atom. The predicted octanol–water partition coefficient (Wildman–Crippen LogP) is 3.20. The van der Waals surface area contributed by atoms with Crippen LogP contribution in [0.25, 0.3) is 0 Å². The van der Waals surface area contributed by atoms with Gasteiger partial charge in [0.2, 0.25) is 0 Å². The SMILES string of the molecule is COc1cc(CN)cc(Br)c1OCc1cncc(C)c1. The van der Waals surface area contributed by atoms with Crippen molar-refractivity contribution in [3.63, 3.8) is 0 Å². The third-order valence-electron chi connectivity index (χ3n) is 2.84. The van der Waals surface area contributed by atoms with Crippen LogP contribution in [0.3, 0.4) is 0 Å². The van der Waals surface area contributed by atoms with Crippen molar-refractivity contribution in [1.82, 2.24) is 4.98 Å². The molecule has 0 atom stereocenters. The number of rotatable bonds is 5. The van der Waals surface area contributed by atoms with Crippen molar-refractivity contribution in [3.8, 4) is 11.5 Å². The van der Waals surface area contributed by atoms with E-state index in [4.69, 9.17) is 15.2 Å². The third kappa shape index (κ3) is 3.49. The zero-order chi connectivity index (χ0) is 14.5. The summed E-state index contributed by atoms with van der Waals surface area (Å²) in [5, 5.41) is 0. The van der Waals surface area contributed by atoms with Gasteiger partial charge < -0.3 is 15.2 Å². The molecule has 0 aliphatic heterocycles. The molecule has 5 heteroatoms. The molecule has 20 heavy (non-hydrogen) atoms. The molecule has 2 aromatic rings. The van der Waals surface area contributed by atoms with E-state index in [0.717, 1.165) is 21.2 Å². The summed E-state index contributed by atoms with van der Waals surface area (Å²) in [5.41, 5.74) is 8.76. The fourth-order valence-electron chi connectivity index (χ4n) is 1.88. The first-order valence-corrected chi connectivity index (χ1v) is 7.03. The topological polar surface area (TPSA) is 57.4 Å². The molecule has 0 saturated heterocycles. The minimum atomic E-state index is 0.436. The molecule has 0 amide bonds. The van der Waals surface area contributed by atoms with Crippen molar-refractivity contribution in [2.45, 2.75) is 20.1 Å². The molecule has 0 radical (unpaired) electrons. The maximum atomic E-state index is 5.85. The molecule has 4 nitrogen and oxygen atoms in total. The Morgan fingerprint density at radius 3 is 2.65 bits per heavy atom. The van der Waals surface area contributed by atoms with Crippen LogP contribution in [0.5, 0.6) is 11.5 Å². The van der Waals surface area contributed by atoms with Crippen LogP contribution in [0, 0.1) is 6.92 Å². The minimum Gasteiger partial charge on any atom is -0.493 e. The van der Waals surface area contributed by atoms with Crippen LogP contribution in [0.1, 0.15) is 16.7 Å². The summed E-state index contributed by atoms with van der Waals surface area (Å²) in [6.45, 7) is 2.89. The van der Waals surface area contributed by atoms with E-state index in [9.17, 15) is 0 Å². The van der Waals surface area contributed by atoms with Crippen molar-refractivity contribution in [2.24, 2.45) is 5.73 Å². The second kappa shape index (κ2) is 6.72. The Kier molecular flexibility index (Phi) is 4.98. The second-order valence-electron chi connectivity index (χ2n) is 4.47. The van der Waals surface area contributed by atoms with Gasteiger partial charge in [-0.1, -0.05) is 0 Å². The van der Waals surface area contributed by atoms with Crippen molar-refractivity contribution < 1.29 is 9.47 Å². The van der Waals surface area contributed by atoms with E-state index >= 15 is 0 Å². The number of methoxy groups -OCH3 is 1. The van der Waals surface area contributed by atoms with Gasteiger partial charge in [-0.15, -0.1) is 0 Å². The van der Waals surface area contributed by atoms with Gasteiger partial charge in [0.25, 0.3) is 0 Å². The van der Waals surface area contributed by atoms with Gasteiger partial charge in [0, 0.05) is 24.5 Å². The molecule has 106 valence electrons.